The van der Waals surface area contributed by atoms with Crippen molar-refractivity contribution in [1.29, 1.82) is 0 Å². The highest BCUT2D eigenvalue weighted by molar-refractivity contribution is 6.33. The van der Waals surface area contributed by atoms with Gasteiger partial charge < -0.3 is 9.13 Å². The van der Waals surface area contributed by atoms with Crippen LogP contribution in [-0.2, 0) is 6.54 Å². The van der Waals surface area contributed by atoms with E-state index in [2.05, 4.69) is 48.9 Å². The molecule has 4 rings (SSSR count). The molecule has 0 aliphatic heterocycles. The van der Waals surface area contributed by atoms with Crippen molar-refractivity contribution in [3.63, 3.8) is 0 Å². The molecule has 1 aromatic carbocycles. The Labute approximate surface area is 171 Å². The molecule has 1 fully saturated rings. The van der Waals surface area contributed by atoms with Gasteiger partial charge in [0, 0.05) is 41.4 Å². The molecule has 0 atom stereocenters. The molecular weight excluding hydrogens is 368 g/mol. The Morgan fingerprint density at radius 1 is 1.07 bits per heavy atom. The fraction of sp³-hybridized carbons (Fsp3) is 0.458. The lowest BCUT2D eigenvalue weighted by Gasteiger charge is -2.24. The Kier molecular flexibility index (Phi) is 5.63. The second-order valence-corrected chi connectivity index (χ2v) is 8.89. The maximum absolute atomic E-state index is 12.7. The largest absolute Gasteiger partial charge is 0.344 e. The van der Waals surface area contributed by atoms with Crippen molar-refractivity contribution in [2.45, 2.75) is 65.0 Å². The minimum atomic E-state index is -0.0975. The molecule has 28 heavy (non-hydrogen) atoms. The molecule has 148 valence electrons. The lowest BCUT2D eigenvalue weighted by molar-refractivity contribution is 0.361. The van der Waals surface area contributed by atoms with Crippen LogP contribution in [0.2, 0.25) is 5.02 Å². The highest BCUT2D eigenvalue weighted by atomic mass is 35.5. The van der Waals surface area contributed by atoms with E-state index in [9.17, 15) is 4.79 Å². The van der Waals surface area contributed by atoms with Gasteiger partial charge in [0.15, 0.2) is 0 Å². The number of nitrogens with zero attached hydrogens (tertiary/aromatic N) is 2. The molecule has 0 saturated heterocycles. The van der Waals surface area contributed by atoms with Crippen LogP contribution in [0.1, 0.15) is 58.4 Å². The molecule has 2 aromatic heterocycles. The van der Waals surface area contributed by atoms with Gasteiger partial charge in [0.1, 0.15) is 5.02 Å². The summed E-state index contributed by atoms with van der Waals surface area (Å²) in [5, 5.41) is 1.53. The van der Waals surface area contributed by atoms with Gasteiger partial charge >= 0.3 is 0 Å². The van der Waals surface area contributed by atoms with E-state index in [0.717, 1.165) is 17.5 Å². The molecule has 2 heterocycles. The monoisotopic (exact) mass is 396 g/mol. The summed E-state index contributed by atoms with van der Waals surface area (Å²) in [6.07, 6.45) is 11.6. The van der Waals surface area contributed by atoms with Crippen LogP contribution in [0.3, 0.4) is 0 Å². The minimum absolute atomic E-state index is 0.0975. The lowest BCUT2D eigenvalue weighted by atomic mass is 9.95. The molecule has 0 amide bonds. The average Bonchev–Trinajstić information content (AvgIpc) is 3.13. The summed E-state index contributed by atoms with van der Waals surface area (Å²) in [6, 6.07) is 11.2. The third kappa shape index (κ3) is 3.77. The smallest absolute Gasteiger partial charge is 0.269 e. The van der Waals surface area contributed by atoms with Gasteiger partial charge in [0.25, 0.3) is 5.56 Å². The standard InChI is InChI=1S/C24H29ClN2O/c1-17(2)10-13-26-14-12-21(23(25)24(26)28)18-8-9-22-19(16-18)11-15-27(22)20-6-4-3-5-7-20/h8-9,11-12,14-17,20H,3-7,10,13H2,1-2H3. The maximum atomic E-state index is 12.7. The van der Waals surface area contributed by atoms with Crippen molar-refractivity contribution in [2.75, 3.05) is 0 Å². The van der Waals surface area contributed by atoms with Crippen molar-refractivity contribution in [2.24, 2.45) is 5.92 Å². The normalized spacial score (nSPS) is 15.6. The van der Waals surface area contributed by atoms with Crippen molar-refractivity contribution in [3.05, 3.63) is 58.1 Å². The van der Waals surface area contributed by atoms with Gasteiger partial charge in [-0.05, 0) is 55.0 Å². The van der Waals surface area contributed by atoms with Crippen molar-refractivity contribution >= 4 is 22.5 Å². The molecule has 1 aliphatic rings. The zero-order valence-electron chi connectivity index (χ0n) is 16.8. The van der Waals surface area contributed by atoms with E-state index in [0.29, 0.717) is 23.5 Å². The van der Waals surface area contributed by atoms with E-state index < -0.39 is 0 Å². The quantitative estimate of drug-likeness (QED) is 0.472. The van der Waals surface area contributed by atoms with Crippen LogP contribution < -0.4 is 5.56 Å². The van der Waals surface area contributed by atoms with Crippen molar-refractivity contribution in [3.8, 4) is 11.1 Å². The molecule has 0 spiro atoms. The predicted molar refractivity (Wildman–Crippen MR) is 118 cm³/mol. The molecule has 0 bridgehead atoms. The van der Waals surface area contributed by atoms with Gasteiger partial charge in [-0.3, -0.25) is 4.79 Å². The van der Waals surface area contributed by atoms with Crippen molar-refractivity contribution in [1.82, 2.24) is 9.13 Å². The van der Waals surface area contributed by atoms with Crippen LogP contribution in [0.5, 0.6) is 0 Å². The number of pyridine rings is 1. The van der Waals surface area contributed by atoms with Gasteiger partial charge in [0.05, 0.1) is 0 Å². The number of aryl methyl sites for hydroxylation is 1. The number of aromatic nitrogens is 2. The molecule has 1 saturated carbocycles. The van der Waals surface area contributed by atoms with Gasteiger partial charge in [-0.25, -0.2) is 0 Å². The zero-order chi connectivity index (χ0) is 19.7. The van der Waals surface area contributed by atoms with Crippen LogP contribution in [-0.4, -0.2) is 9.13 Å². The maximum Gasteiger partial charge on any atom is 0.269 e. The van der Waals surface area contributed by atoms with E-state index in [1.807, 2.05) is 12.3 Å². The van der Waals surface area contributed by atoms with Gasteiger partial charge in [-0.1, -0.05) is 50.8 Å². The van der Waals surface area contributed by atoms with Crippen LogP contribution in [0.4, 0.5) is 0 Å². The number of fused-ring (bicyclic) bond motifs is 1. The predicted octanol–water partition coefficient (Wildman–Crippen LogP) is 6.67. The van der Waals surface area contributed by atoms with Crippen molar-refractivity contribution < 1.29 is 0 Å². The van der Waals surface area contributed by atoms with Gasteiger partial charge in [-0.2, -0.15) is 0 Å². The van der Waals surface area contributed by atoms with E-state index in [-0.39, 0.29) is 5.56 Å². The summed E-state index contributed by atoms with van der Waals surface area (Å²) in [6.45, 7) is 5.03. The molecule has 4 heteroatoms. The van der Waals surface area contributed by atoms with Crippen LogP contribution in [0.15, 0.2) is 47.5 Å². The molecule has 1 aliphatic carbocycles. The highest BCUT2D eigenvalue weighted by Crippen LogP contribution is 2.34. The average molecular weight is 397 g/mol. The first-order chi connectivity index (χ1) is 13.5. The summed E-state index contributed by atoms with van der Waals surface area (Å²) in [5.74, 6) is 0.556. The second-order valence-electron chi connectivity index (χ2n) is 8.51. The van der Waals surface area contributed by atoms with Crippen LogP contribution in [0, 0.1) is 5.92 Å². The SMILES string of the molecule is CC(C)CCn1ccc(-c2ccc3c(ccn3C3CCCCC3)c2)c(Cl)c1=O. The van der Waals surface area contributed by atoms with E-state index in [1.165, 1.54) is 43.0 Å². The minimum Gasteiger partial charge on any atom is -0.344 e. The number of hydrogen-bond donors (Lipinski definition) is 0. The Bertz CT molecular complexity index is 1020. The molecule has 3 nitrogen and oxygen atoms in total. The summed E-state index contributed by atoms with van der Waals surface area (Å²) < 4.78 is 4.16. The Balaban J connectivity index is 1.66. The Hall–Kier alpha value is -2.00. The van der Waals surface area contributed by atoms with E-state index in [4.69, 9.17) is 11.6 Å². The topological polar surface area (TPSA) is 26.9 Å². The molecule has 0 N–H and O–H groups in total. The summed E-state index contributed by atoms with van der Waals surface area (Å²) in [7, 11) is 0. The van der Waals surface area contributed by atoms with E-state index in [1.54, 1.807) is 4.57 Å². The molecule has 0 unspecified atom stereocenters. The third-order valence-corrected chi connectivity index (χ3v) is 6.42. The van der Waals surface area contributed by atoms with Gasteiger partial charge in [0.2, 0.25) is 0 Å². The first kappa shape index (κ1) is 19.3. The van der Waals surface area contributed by atoms with Gasteiger partial charge in [-0.15, -0.1) is 0 Å². The number of hydrogen-bond acceptors (Lipinski definition) is 1. The highest BCUT2D eigenvalue weighted by Gasteiger charge is 2.17. The summed E-state index contributed by atoms with van der Waals surface area (Å²) in [4.78, 5) is 12.7. The molecule has 3 aromatic rings. The lowest BCUT2D eigenvalue weighted by Crippen LogP contribution is -2.21. The number of rotatable bonds is 5. The molecule has 0 radical (unpaired) electrons. The second kappa shape index (κ2) is 8.16. The Morgan fingerprint density at radius 3 is 2.61 bits per heavy atom. The fourth-order valence-electron chi connectivity index (χ4n) is 4.35. The summed E-state index contributed by atoms with van der Waals surface area (Å²) in [5.41, 5.74) is 3.00. The third-order valence-electron chi connectivity index (χ3n) is 6.05. The number of benzene rings is 1. The number of halogens is 1. The van der Waals surface area contributed by atoms with Crippen LogP contribution in [0.25, 0.3) is 22.0 Å². The van der Waals surface area contributed by atoms with E-state index >= 15 is 0 Å². The fourth-order valence-corrected chi connectivity index (χ4v) is 4.63. The molecular formula is C24H29ClN2O. The zero-order valence-corrected chi connectivity index (χ0v) is 17.6. The Morgan fingerprint density at radius 2 is 1.86 bits per heavy atom. The first-order valence-electron chi connectivity index (χ1n) is 10.5. The first-order valence-corrected chi connectivity index (χ1v) is 10.9. The summed E-state index contributed by atoms with van der Waals surface area (Å²) >= 11 is 6.49. The van der Waals surface area contributed by atoms with Crippen LogP contribution >= 0.6 is 11.6 Å².